The topological polar surface area (TPSA) is 152 Å². The molecule has 0 unspecified atom stereocenters. The fraction of sp³-hybridized carbons (Fsp3) is 0. The quantitative estimate of drug-likeness (QED) is 0.477. The Bertz CT molecular complexity index is 1130. The summed E-state index contributed by atoms with van der Waals surface area (Å²) in [7, 11) is 0. The van der Waals surface area contributed by atoms with Gasteiger partial charge in [-0.05, 0) is 30.3 Å². The zero-order chi connectivity index (χ0) is 18.8. The van der Waals surface area contributed by atoms with Gasteiger partial charge < -0.3 is 15.8 Å². The zero-order valence-electron chi connectivity index (χ0n) is 13.2. The second kappa shape index (κ2) is 6.48. The van der Waals surface area contributed by atoms with E-state index in [9.17, 15) is 19.7 Å². The number of aromatic carboxylic acids is 1. The van der Waals surface area contributed by atoms with Gasteiger partial charge in [-0.25, -0.2) is 9.78 Å². The van der Waals surface area contributed by atoms with Crippen LogP contribution < -0.4 is 11.3 Å². The lowest BCUT2D eigenvalue weighted by molar-refractivity contribution is -0.374. The fourth-order valence-electron chi connectivity index (χ4n) is 2.48. The Hall–Kier alpha value is -4.01. The van der Waals surface area contributed by atoms with Gasteiger partial charge in [0, 0.05) is 0 Å². The van der Waals surface area contributed by atoms with Crippen molar-refractivity contribution in [2.75, 3.05) is 0 Å². The number of hydrogen-bond acceptors (Lipinski definition) is 6. The van der Waals surface area contributed by atoms with Crippen LogP contribution in [0.15, 0.2) is 53.3 Å². The molecule has 26 heavy (non-hydrogen) atoms. The maximum atomic E-state index is 12.3. The van der Waals surface area contributed by atoms with Gasteiger partial charge in [0.1, 0.15) is 5.70 Å². The predicted octanol–water partition coefficient (Wildman–Crippen LogP) is 1.68. The number of benzene rings is 2. The van der Waals surface area contributed by atoms with Gasteiger partial charge in [0.2, 0.25) is 0 Å². The lowest BCUT2D eigenvalue weighted by atomic mass is 10.1. The van der Waals surface area contributed by atoms with Crippen molar-refractivity contribution in [2.45, 2.75) is 0 Å². The molecule has 0 saturated carbocycles. The van der Waals surface area contributed by atoms with Crippen LogP contribution in [0.5, 0.6) is 0 Å². The third-order valence-corrected chi connectivity index (χ3v) is 3.68. The Morgan fingerprint density at radius 1 is 1.15 bits per heavy atom. The van der Waals surface area contributed by atoms with Gasteiger partial charge in [0.15, 0.2) is 5.69 Å². The largest absolute Gasteiger partial charge is 0.478 e. The molecule has 0 aliphatic heterocycles. The molecule has 1 aromatic heterocycles. The molecular formula is C17H12N4O5. The summed E-state index contributed by atoms with van der Waals surface area (Å²) in [5.74, 6) is -1.24. The number of rotatable bonds is 4. The van der Waals surface area contributed by atoms with Gasteiger partial charge >= 0.3 is 11.7 Å². The van der Waals surface area contributed by atoms with Crippen molar-refractivity contribution in [3.63, 3.8) is 0 Å². The molecule has 0 radical (unpaired) electrons. The molecule has 9 nitrogen and oxygen atoms in total. The smallest absolute Gasteiger partial charge is 0.335 e. The van der Waals surface area contributed by atoms with Crippen molar-refractivity contribution < 1.29 is 14.8 Å². The minimum absolute atomic E-state index is 0.0400. The number of fused-ring (bicyclic) bond motifs is 1. The van der Waals surface area contributed by atoms with E-state index >= 15 is 0 Å². The first-order chi connectivity index (χ1) is 12.4. The summed E-state index contributed by atoms with van der Waals surface area (Å²) >= 11 is 0. The van der Waals surface area contributed by atoms with E-state index in [0.29, 0.717) is 11.0 Å². The third kappa shape index (κ3) is 3.00. The number of aromatic amines is 1. The van der Waals surface area contributed by atoms with E-state index < -0.39 is 27.8 Å². The second-order valence-electron chi connectivity index (χ2n) is 5.34. The molecular weight excluding hydrogens is 340 g/mol. The maximum absolute atomic E-state index is 12.3. The molecule has 0 atom stereocenters. The standard InChI is InChI=1S/C17H12N4O5/c18-13(14-16(22)20-12-7-2-1-6-11(12)19-14)15(21(25)26)9-4-3-5-10(8-9)17(23)24/h1-8H,18H2,(H,20,22)(H,23,24)/b15-13+. The summed E-state index contributed by atoms with van der Waals surface area (Å²) < 4.78 is 0. The van der Waals surface area contributed by atoms with E-state index in [-0.39, 0.29) is 16.8 Å². The van der Waals surface area contributed by atoms with Crippen molar-refractivity contribution in [1.82, 2.24) is 9.97 Å². The molecule has 9 heteroatoms. The van der Waals surface area contributed by atoms with Gasteiger partial charge in [-0.3, -0.25) is 14.9 Å². The molecule has 0 spiro atoms. The van der Waals surface area contributed by atoms with E-state index in [2.05, 4.69) is 9.97 Å². The van der Waals surface area contributed by atoms with Crippen molar-refractivity contribution in [3.05, 3.63) is 85.8 Å². The van der Waals surface area contributed by atoms with E-state index in [1.54, 1.807) is 24.3 Å². The summed E-state index contributed by atoms with van der Waals surface area (Å²) in [4.78, 5) is 40.8. The molecule has 0 amide bonds. The van der Waals surface area contributed by atoms with Gasteiger partial charge in [-0.1, -0.05) is 18.2 Å². The zero-order valence-corrected chi connectivity index (χ0v) is 13.2. The number of H-pyrrole nitrogens is 1. The summed E-state index contributed by atoms with van der Waals surface area (Å²) in [6.07, 6.45) is 0. The highest BCUT2D eigenvalue weighted by atomic mass is 16.6. The highest BCUT2D eigenvalue weighted by Gasteiger charge is 2.24. The number of hydrogen-bond donors (Lipinski definition) is 3. The fourth-order valence-corrected chi connectivity index (χ4v) is 2.48. The van der Waals surface area contributed by atoms with Crippen molar-refractivity contribution in [2.24, 2.45) is 5.73 Å². The normalized spacial score (nSPS) is 11.8. The van der Waals surface area contributed by atoms with Crippen LogP contribution in [0.1, 0.15) is 21.6 Å². The van der Waals surface area contributed by atoms with Crippen LogP contribution >= 0.6 is 0 Å². The Labute approximate surface area is 145 Å². The molecule has 3 rings (SSSR count). The highest BCUT2D eigenvalue weighted by Crippen LogP contribution is 2.23. The van der Waals surface area contributed by atoms with Gasteiger partial charge in [0.05, 0.1) is 27.1 Å². The summed E-state index contributed by atoms with van der Waals surface area (Å²) in [6.45, 7) is 0. The lowest BCUT2D eigenvalue weighted by Gasteiger charge is -2.06. The molecule has 0 bridgehead atoms. The van der Waals surface area contributed by atoms with Gasteiger partial charge in [-0.2, -0.15) is 0 Å². The monoisotopic (exact) mass is 352 g/mol. The van der Waals surface area contributed by atoms with Crippen LogP contribution in [0.3, 0.4) is 0 Å². The molecule has 0 aliphatic carbocycles. The first-order valence-corrected chi connectivity index (χ1v) is 7.36. The van der Waals surface area contributed by atoms with Crippen molar-refractivity contribution >= 4 is 28.4 Å². The van der Waals surface area contributed by atoms with E-state index in [1.807, 2.05) is 0 Å². The maximum Gasteiger partial charge on any atom is 0.335 e. The Morgan fingerprint density at radius 2 is 1.85 bits per heavy atom. The Kier molecular flexibility index (Phi) is 4.19. The van der Waals surface area contributed by atoms with E-state index in [1.165, 1.54) is 18.2 Å². The van der Waals surface area contributed by atoms with Crippen LogP contribution in [0, 0.1) is 10.1 Å². The molecule has 2 aromatic carbocycles. The summed E-state index contributed by atoms with van der Waals surface area (Å²) in [5.41, 5.74) is 4.54. The molecule has 3 aromatic rings. The summed E-state index contributed by atoms with van der Waals surface area (Å²) in [6, 6.07) is 11.8. The Balaban J connectivity index is 2.27. The number of carboxylic acid groups (broad SMARTS) is 1. The number of nitrogens with one attached hydrogen (secondary N) is 1. The van der Waals surface area contributed by atoms with Crippen LogP contribution in [-0.2, 0) is 0 Å². The molecule has 0 saturated heterocycles. The average Bonchev–Trinajstić information content (AvgIpc) is 2.61. The van der Waals surface area contributed by atoms with E-state index in [0.717, 1.165) is 6.07 Å². The summed E-state index contributed by atoms with van der Waals surface area (Å²) in [5, 5.41) is 20.6. The number of aromatic nitrogens is 2. The van der Waals surface area contributed by atoms with Crippen molar-refractivity contribution in [1.29, 1.82) is 0 Å². The number of carbonyl (C=O) groups is 1. The number of nitrogens with zero attached hydrogens (tertiary/aromatic N) is 2. The lowest BCUT2D eigenvalue weighted by Crippen LogP contribution is -2.20. The number of nitrogens with two attached hydrogens (primary N) is 1. The predicted molar refractivity (Wildman–Crippen MR) is 93.8 cm³/mol. The average molecular weight is 352 g/mol. The minimum atomic E-state index is -1.24. The number of para-hydroxylation sites is 2. The van der Waals surface area contributed by atoms with Crippen LogP contribution in [0.2, 0.25) is 0 Å². The molecule has 0 fully saturated rings. The minimum Gasteiger partial charge on any atom is -0.478 e. The second-order valence-corrected chi connectivity index (χ2v) is 5.34. The first-order valence-electron chi connectivity index (χ1n) is 7.36. The molecule has 130 valence electrons. The molecule has 4 N–H and O–H groups in total. The van der Waals surface area contributed by atoms with Crippen LogP contribution in [-0.4, -0.2) is 26.0 Å². The van der Waals surface area contributed by atoms with Crippen LogP contribution in [0.4, 0.5) is 0 Å². The SMILES string of the molecule is N/C(=C(\c1cccc(C(=O)O)c1)[N+](=O)[O-])c1nc2ccccc2[nH]c1=O. The highest BCUT2D eigenvalue weighted by molar-refractivity contribution is 5.91. The Morgan fingerprint density at radius 3 is 2.54 bits per heavy atom. The van der Waals surface area contributed by atoms with E-state index in [4.69, 9.17) is 10.8 Å². The van der Waals surface area contributed by atoms with Crippen LogP contribution in [0.25, 0.3) is 22.4 Å². The number of nitro groups is 1. The van der Waals surface area contributed by atoms with Gasteiger partial charge in [0.25, 0.3) is 5.56 Å². The first kappa shape index (κ1) is 16.8. The molecule has 1 heterocycles. The number of carboxylic acids is 1. The van der Waals surface area contributed by atoms with Gasteiger partial charge in [-0.15, -0.1) is 0 Å². The molecule has 0 aliphatic rings. The third-order valence-electron chi connectivity index (χ3n) is 3.68. The van der Waals surface area contributed by atoms with Crippen molar-refractivity contribution in [3.8, 4) is 0 Å².